The number of benzene rings is 1. The molecule has 1 aromatic carbocycles. The molecule has 1 aromatic rings. The number of hydrogen-bond donors (Lipinski definition) is 1. The molecule has 6 heteroatoms. The first-order chi connectivity index (χ1) is 8.38. The van der Waals surface area contributed by atoms with E-state index in [1.54, 1.807) is 30.3 Å². The van der Waals surface area contributed by atoms with Crippen LogP contribution in [-0.2, 0) is 16.0 Å². The maximum absolute atomic E-state index is 11.9. The highest BCUT2D eigenvalue weighted by Gasteiger charge is 2.29. The lowest BCUT2D eigenvalue weighted by Gasteiger charge is -2.14. The van der Waals surface area contributed by atoms with E-state index in [1.165, 1.54) is 0 Å². The average molecular weight is 262 g/mol. The van der Waals surface area contributed by atoms with Crippen molar-refractivity contribution in [2.24, 2.45) is 5.92 Å². The molecule has 0 heterocycles. The summed E-state index contributed by atoms with van der Waals surface area (Å²) >= 11 is 0. The molecule has 1 atom stereocenters. The van der Waals surface area contributed by atoms with Gasteiger partial charge in [0, 0.05) is 0 Å². The number of halogens is 3. The molecule has 0 saturated carbocycles. The van der Waals surface area contributed by atoms with Crippen molar-refractivity contribution in [3.8, 4) is 0 Å². The number of alkyl halides is 3. The van der Waals surface area contributed by atoms with Gasteiger partial charge in [0.2, 0.25) is 0 Å². The zero-order valence-corrected chi connectivity index (χ0v) is 9.48. The molecule has 0 aliphatic carbocycles. The fourth-order valence-corrected chi connectivity index (χ4v) is 1.43. The predicted octanol–water partition coefficient (Wildman–Crippen LogP) is 2.51. The molecule has 0 bridgehead atoms. The van der Waals surface area contributed by atoms with Crippen molar-refractivity contribution < 1.29 is 27.8 Å². The second-order valence-electron chi connectivity index (χ2n) is 3.86. The fraction of sp³-hybridized carbons (Fsp3) is 0.417. The molecule has 1 unspecified atom stereocenters. The number of aliphatic carboxylic acids is 1. The van der Waals surface area contributed by atoms with E-state index in [9.17, 15) is 18.0 Å². The highest BCUT2D eigenvalue weighted by Crippen LogP contribution is 2.16. The van der Waals surface area contributed by atoms with Gasteiger partial charge in [-0.3, -0.25) is 4.79 Å². The molecule has 3 nitrogen and oxygen atoms in total. The summed E-state index contributed by atoms with van der Waals surface area (Å²) in [6, 6.07) is 8.70. The molecule has 0 fully saturated rings. The molecule has 0 amide bonds. The van der Waals surface area contributed by atoms with Gasteiger partial charge in [0.15, 0.2) is 0 Å². The molecule has 0 radical (unpaired) electrons. The van der Waals surface area contributed by atoms with Gasteiger partial charge in [0.1, 0.15) is 6.61 Å². The number of rotatable bonds is 6. The van der Waals surface area contributed by atoms with Gasteiger partial charge >= 0.3 is 12.1 Å². The van der Waals surface area contributed by atoms with Crippen LogP contribution in [0.1, 0.15) is 5.56 Å². The number of carboxylic acid groups (broad SMARTS) is 1. The summed E-state index contributed by atoms with van der Waals surface area (Å²) in [6.45, 7) is -1.88. The second kappa shape index (κ2) is 6.39. The smallest absolute Gasteiger partial charge is 0.411 e. The van der Waals surface area contributed by atoms with Gasteiger partial charge in [0.05, 0.1) is 12.5 Å². The van der Waals surface area contributed by atoms with Gasteiger partial charge in [-0.05, 0) is 12.0 Å². The Morgan fingerprint density at radius 3 is 2.39 bits per heavy atom. The molecule has 0 aliphatic rings. The lowest BCUT2D eigenvalue weighted by molar-refractivity contribution is -0.179. The van der Waals surface area contributed by atoms with Crippen LogP contribution < -0.4 is 0 Å². The van der Waals surface area contributed by atoms with Gasteiger partial charge in [-0.1, -0.05) is 30.3 Å². The van der Waals surface area contributed by atoms with Gasteiger partial charge in [-0.15, -0.1) is 0 Å². The zero-order chi connectivity index (χ0) is 13.6. The first-order valence-corrected chi connectivity index (χ1v) is 5.29. The van der Waals surface area contributed by atoms with E-state index < -0.39 is 31.3 Å². The number of carbonyl (C=O) groups is 1. The lowest BCUT2D eigenvalue weighted by atomic mass is 10.0. The molecule has 0 spiro atoms. The monoisotopic (exact) mass is 262 g/mol. The maximum Gasteiger partial charge on any atom is 0.411 e. The molecule has 1 rings (SSSR count). The maximum atomic E-state index is 11.9. The third kappa shape index (κ3) is 5.67. The van der Waals surface area contributed by atoms with Crippen molar-refractivity contribution in [2.45, 2.75) is 12.6 Å². The molecule has 1 N–H and O–H groups in total. The first-order valence-electron chi connectivity index (χ1n) is 5.29. The SMILES string of the molecule is O=C(O)C(COCC(F)(F)F)Cc1ccccc1. The van der Waals surface area contributed by atoms with E-state index >= 15 is 0 Å². The van der Waals surface area contributed by atoms with E-state index in [0.29, 0.717) is 0 Å². The van der Waals surface area contributed by atoms with Gasteiger partial charge < -0.3 is 9.84 Å². The van der Waals surface area contributed by atoms with E-state index in [4.69, 9.17) is 5.11 Å². The van der Waals surface area contributed by atoms with Crippen molar-refractivity contribution in [2.75, 3.05) is 13.2 Å². The highest BCUT2D eigenvalue weighted by atomic mass is 19.4. The van der Waals surface area contributed by atoms with E-state index in [0.717, 1.165) is 5.56 Å². The number of hydrogen-bond acceptors (Lipinski definition) is 2. The van der Waals surface area contributed by atoms with Crippen LogP contribution in [0.2, 0.25) is 0 Å². The van der Waals surface area contributed by atoms with Gasteiger partial charge in [-0.2, -0.15) is 13.2 Å². The molecule has 0 aliphatic heterocycles. The van der Waals surface area contributed by atoms with Crippen LogP contribution in [-0.4, -0.2) is 30.5 Å². The Morgan fingerprint density at radius 1 is 1.28 bits per heavy atom. The molecular weight excluding hydrogens is 249 g/mol. The first kappa shape index (κ1) is 14.5. The molecule has 0 saturated heterocycles. The Balaban J connectivity index is 2.49. The predicted molar refractivity (Wildman–Crippen MR) is 58.1 cm³/mol. The van der Waals surface area contributed by atoms with Crippen LogP contribution >= 0.6 is 0 Å². The van der Waals surface area contributed by atoms with Gasteiger partial charge in [0.25, 0.3) is 0 Å². The van der Waals surface area contributed by atoms with Crippen molar-refractivity contribution in [3.05, 3.63) is 35.9 Å². The fourth-order valence-electron chi connectivity index (χ4n) is 1.43. The Kier molecular flexibility index (Phi) is 5.15. The van der Waals surface area contributed by atoms with Crippen molar-refractivity contribution >= 4 is 5.97 Å². The van der Waals surface area contributed by atoms with Crippen molar-refractivity contribution in [1.29, 1.82) is 0 Å². The second-order valence-corrected chi connectivity index (χ2v) is 3.86. The van der Waals surface area contributed by atoms with Crippen LogP contribution in [0.5, 0.6) is 0 Å². The quantitative estimate of drug-likeness (QED) is 0.856. The topological polar surface area (TPSA) is 46.5 Å². The van der Waals surface area contributed by atoms with E-state index in [2.05, 4.69) is 4.74 Å². The number of ether oxygens (including phenoxy) is 1. The Bertz CT molecular complexity index is 376. The van der Waals surface area contributed by atoms with E-state index in [1.807, 2.05) is 0 Å². The average Bonchev–Trinajstić information content (AvgIpc) is 2.27. The minimum Gasteiger partial charge on any atom is -0.481 e. The van der Waals surface area contributed by atoms with Crippen LogP contribution in [0, 0.1) is 5.92 Å². The summed E-state index contributed by atoms with van der Waals surface area (Å²) in [5.74, 6) is -2.14. The summed E-state index contributed by atoms with van der Waals surface area (Å²) in [6.07, 6.45) is -4.29. The molecular formula is C12H13F3O3. The Hall–Kier alpha value is -1.56. The standard InChI is InChI=1S/C12H13F3O3/c13-12(14,15)8-18-7-10(11(16)17)6-9-4-2-1-3-5-9/h1-5,10H,6-8H2,(H,16,17). The lowest BCUT2D eigenvalue weighted by Crippen LogP contribution is -2.26. The number of carboxylic acids is 1. The van der Waals surface area contributed by atoms with Crippen LogP contribution in [0.4, 0.5) is 13.2 Å². The largest absolute Gasteiger partial charge is 0.481 e. The highest BCUT2D eigenvalue weighted by molar-refractivity contribution is 5.70. The molecule has 100 valence electrons. The normalized spacial score (nSPS) is 13.3. The summed E-state index contributed by atoms with van der Waals surface area (Å²) in [7, 11) is 0. The summed E-state index contributed by atoms with van der Waals surface area (Å²) in [5.41, 5.74) is 0.750. The third-order valence-corrected chi connectivity index (χ3v) is 2.26. The Labute approximate surface area is 102 Å². The van der Waals surface area contributed by atoms with E-state index in [-0.39, 0.29) is 6.42 Å². The molecule has 18 heavy (non-hydrogen) atoms. The van der Waals surface area contributed by atoms with Crippen molar-refractivity contribution in [3.63, 3.8) is 0 Å². The molecule has 0 aromatic heterocycles. The minimum absolute atomic E-state index is 0.147. The summed E-state index contributed by atoms with van der Waals surface area (Å²) in [5, 5.41) is 8.90. The van der Waals surface area contributed by atoms with Crippen molar-refractivity contribution in [1.82, 2.24) is 0 Å². The summed E-state index contributed by atoms with van der Waals surface area (Å²) in [4.78, 5) is 10.9. The van der Waals surface area contributed by atoms with Gasteiger partial charge in [-0.25, -0.2) is 0 Å². The van der Waals surface area contributed by atoms with Crippen LogP contribution in [0.25, 0.3) is 0 Å². The summed E-state index contributed by atoms with van der Waals surface area (Å²) < 4.78 is 40.0. The third-order valence-electron chi connectivity index (χ3n) is 2.26. The van der Waals surface area contributed by atoms with Crippen LogP contribution in [0.3, 0.4) is 0 Å². The zero-order valence-electron chi connectivity index (χ0n) is 9.48. The van der Waals surface area contributed by atoms with Crippen LogP contribution in [0.15, 0.2) is 30.3 Å². The minimum atomic E-state index is -4.43. The Morgan fingerprint density at radius 2 is 1.89 bits per heavy atom.